The lowest BCUT2D eigenvalue weighted by atomic mass is 10.1. The Morgan fingerprint density at radius 3 is 2.27 bits per heavy atom. The average molecular weight is 213 g/mol. The molecule has 0 aliphatic carbocycles. The molecule has 0 aromatic heterocycles. The highest BCUT2D eigenvalue weighted by Gasteiger charge is 2.10. The first-order chi connectivity index (χ1) is 7.07. The fraction of sp³-hybridized carbons (Fsp3) is 0.833. The molecule has 0 spiro atoms. The van der Waals surface area contributed by atoms with Crippen molar-refractivity contribution in [2.45, 2.75) is 65.3 Å². The van der Waals surface area contributed by atoms with E-state index in [2.05, 4.69) is 12.2 Å². The van der Waals surface area contributed by atoms with Gasteiger partial charge in [-0.25, -0.2) is 0 Å². The van der Waals surface area contributed by atoms with Crippen LogP contribution in [0.15, 0.2) is 0 Å². The van der Waals surface area contributed by atoms with Crippen molar-refractivity contribution in [3.8, 4) is 0 Å². The molecular weight excluding hydrogens is 190 g/mol. The topological polar surface area (TPSA) is 46.2 Å². The zero-order valence-electron chi connectivity index (χ0n) is 10.1. The molecule has 1 unspecified atom stereocenters. The highest BCUT2D eigenvalue weighted by molar-refractivity contribution is 5.86. The standard InChI is InChI=1S/C12H23NO2/c1-4-5-6-7-8-9-12(15)13-10(2)11(3)14/h10H,4-9H2,1-3H3,(H,13,15). The Balaban J connectivity index is 3.45. The number of amides is 1. The van der Waals surface area contributed by atoms with Gasteiger partial charge in [-0.15, -0.1) is 0 Å². The predicted octanol–water partition coefficient (Wildman–Crippen LogP) is 2.44. The van der Waals surface area contributed by atoms with Crippen molar-refractivity contribution in [3.63, 3.8) is 0 Å². The molecule has 1 N–H and O–H groups in total. The van der Waals surface area contributed by atoms with Crippen molar-refractivity contribution in [2.24, 2.45) is 0 Å². The van der Waals surface area contributed by atoms with Gasteiger partial charge in [0.2, 0.25) is 5.91 Å². The van der Waals surface area contributed by atoms with Crippen molar-refractivity contribution in [1.29, 1.82) is 0 Å². The monoisotopic (exact) mass is 213 g/mol. The number of carbonyl (C=O) groups excluding carboxylic acids is 2. The van der Waals surface area contributed by atoms with Crippen molar-refractivity contribution >= 4 is 11.7 Å². The van der Waals surface area contributed by atoms with E-state index in [0.717, 1.165) is 12.8 Å². The molecule has 0 fully saturated rings. The number of unbranched alkanes of at least 4 members (excludes halogenated alkanes) is 4. The Hall–Kier alpha value is -0.860. The molecule has 1 atom stereocenters. The number of nitrogens with one attached hydrogen (secondary N) is 1. The third-order valence-electron chi connectivity index (χ3n) is 2.49. The maximum absolute atomic E-state index is 11.3. The molecule has 0 rings (SSSR count). The van der Waals surface area contributed by atoms with Crippen LogP contribution in [0.4, 0.5) is 0 Å². The highest BCUT2D eigenvalue weighted by Crippen LogP contribution is 2.04. The van der Waals surface area contributed by atoms with Gasteiger partial charge in [0.15, 0.2) is 5.78 Å². The largest absolute Gasteiger partial charge is 0.347 e. The minimum Gasteiger partial charge on any atom is -0.347 e. The molecule has 3 heteroatoms. The summed E-state index contributed by atoms with van der Waals surface area (Å²) in [6.07, 6.45) is 6.23. The van der Waals surface area contributed by atoms with Crippen molar-refractivity contribution in [3.05, 3.63) is 0 Å². The van der Waals surface area contributed by atoms with E-state index in [-0.39, 0.29) is 17.7 Å². The smallest absolute Gasteiger partial charge is 0.220 e. The van der Waals surface area contributed by atoms with Crippen LogP contribution in [-0.4, -0.2) is 17.7 Å². The molecule has 0 aromatic carbocycles. The molecule has 0 bridgehead atoms. The Labute approximate surface area is 92.6 Å². The van der Waals surface area contributed by atoms with Gasteiger partial charge >= 0.3 is 0 Å². The van der Waals surface area contributed by atoms with Crippen LogP contribution in [-0.2, 0) is 9.59 Å². The minimum absolute atomic E-state index is 0.00537. The zero-order chi connectivity index (χ0) is 11.7. The maximum Gasteiger partial charge on any atom is 0.220 e. The van der Waals surface area contributed by atoms with Crippen molar-refractivity contribution in [2.75, 3.05) is 0 Å². The lowest BCUT2D eigenvalue weighted by molar-refractivity contribution is -0.126. The molecule has 0 radical (unpaired) electrons. The number of hydrogen-bond acceptors (Lipinski definition) is 2. The first kappa shape index (κ1) is 14.1. The molecule has 15 heavy (non-hydrogen) atoms. The Morgan fingerprint density at radius 2 is 1.73 bits per heavy atom. The first-order valence-corrected chi connectivity index (χ1v) is 5.87. The molecule has 88 valence electrons. The second-order valence-corrected chi connectivity index (χ2v) is 4.06. The van der Waals surface area contributed by atoms with Gasteiger partial charge in [0.25, 0.3) is 0 Å². The van der Waals surface area contributed by atoms with E-state index in [9.17, 15) is 9.59 Å². The van der Waals surface area contributed by atoms with Crippen LogP contribution in [0.25, 0.3) is 0 Å². The normalized spacial score (nSPS) is 12.2. The highest BCUT2D eigenvalue weighted by atomic mass is 16.2. The van der Waals surface area contributed by atoms with E-state index in [1.165, 1.54) is 26.2 Å². The number of rotatable bonds is 8. The van der Waals surface area contributed by atoms with Crippen LogP contribution in [0.1, 0.15) is 59.3 Å². The fourth-order valence-electron chi connectivity index (χ4n) is 1.30. The molecule has 0 saturated heterocycles. The van der Waals surface area contributed by atoms with E-state index in [1.54, 1.807) is 6.92 Å². The predicted molar refractivity (Wildman–Crippen MR) is 61.7 cm³/mol. The van der Waals surface area contributed by atoms with E-state index >= 15 is 0 Å². The summed E-state index contributed by atoms with van der Waals surface area (Å²) in [6, 6.07) is -0.340. The van der Waals surface area contributed by atoms with Gasteiger partial charge in [-0.2, -0.15) is 0 Å². The van der Waals surface area contributed by atoms with Crippen LogP contribution in [0, 0.1) is 0 Å². The summed E-state index contributed by atoms with van der Waals surface area (Å²) in [5, 5.41) is 2.68. The SMILES string of the molecule is CCCCCCCC(=O)NC(C)C(C)=O. The summed E-state index contributed by atoms with van der Waals surface area (Å²) >= 11 is 0. The van der Waals surface area contributed by atoms with Crippen LogP contribution in [0.5, 0.6) is 0 Å². The second-order valence-electron chi connectivity index (χ2n) is 4.06. The van der Waals surface area contributed by atoms with E-state index in [1.807, 2.05) is 0 Å². The van der Waals surface area contributed by atoms with Gasteiger partial charge in [0, 0.05) is 6.42 Å². The lowest BCUT2D eigenvalue weighted by Crippen LogP contribution is -2.37. The number of ketones is 1. The lowest BCUT2D eigenvalue weighted by Gasteiger charge is -2.09. The molecule has 0 heterocycles. The van der Waals surface area contributed by atoms with E-state index < -0.39 is 0 Å². The molecule has 0 aromatic rings. The maximum atomic E-state index is 11.3. The summed E-state index contributed by atoms with van der Waals surface area (Å²) in [5.41, 5.74) is 0. The Kier molecular flexibility index (Phi) is 7.96. The third kappa shape index (κ3) is 8.16. The molecule has 0 aliphatic heterocycles. The summed E-state index contributed by atoms with van der Waals surface area (Å²) < 4.78 is 0. The average Bonchev–Trinajstić information content (AvgIpc) is 2.17. The zero-order valence-corrected chi connectivity index (χ0v) is 10.1. The Morgan fingerprint density at radius 1 is 1.13 bits per heavy atom. The van der Waals surface area contributed by atoms with Crippen molar-refractivity contribution in [1.82, 2.24) is 5.32 Å². The summed E-state index contributed by atoms with van der Waals surface area (Å²) in [6.45, 7) is 5.38. The van der Waals surface area contributed by atoms with Crippen LogP contribution < -0.4 is 5.32 Å². The summed E-state index contributed by atoms with van der Waals surface area (Å²) in [5.74, 6) is 0.00327. The third-order valence-corrected chi connectivity index (χ3v) is 2.49. The van der Waals surface area contributed by atoms with Gasteiger partial charge in [0.1, 0.15) is 0 Å². The summed E-state index contributed by atoms with van der Waals surface area (Å²) in [4.78, 5) is 22.2. The fourth-order valence-corrected chi connectivity index (χ4v) is 1.30. The van der Waals surface area contributed by atoms with Crippen LogP contribution in [0.3, 0.4) is 0 Å². The van der Waals surface area contributed by atoms with Gasteiger partial charge in [-0.1, -0.05) is 32.6 Å². The number of Topliss-reactive ketones (excluding diaryl/α,β-unsaturated/α-hetero) is 1. The quantitative estimate of drug-likeness (QED) is 0.629. The Bertz CT molecular complexity index is 202. The van der Waals surface area contributed by atoms with Gasteiger partial charge in [-0.05, 0) is 20.3 Å². The van der Waals surface area contributed by atoms with E-state index in [4.69, 9.17) is 0 Å². The molecule has 3 nitrogen and oxygen atoms in total. The van der Waals surface area contributed by atoms with Gasteiger partial charge < -0.3 is 5.32 Å². The summed E-state index contributed by atoms with van der Waals surface area (Å²) in [7, 11) is 0. The molecule has 0 saturated carbocycles. The van der Waals surface area contributed by atoms with Gasteiger partial charge in [0.05, 0.1) is 6.04 Å². The van der Waals surface area contributed by atoms with Crippen LogP contribution >= 0.6 is 0 Å². The van der Waals surface area contributed by atoms with Crippen molar-refractivity contribution < 1.29 is 9.59 Å². The number of hydrogen-bond donors (Lipinski definition) is 1. The molecule has 0 aliphatic rings. The second kappa shape index (κ2) is 8.45. The minimum atomic E-state index is -0.340. The first-order valence-electron chi connectivity index (χ1n) is 5.87. The van der Waals surface area contributed by atoms with Gasteiger partial charge in [-0.3, -0.25) is 9.59 Å². The van der Waals surface area contributed by atoms with E-state index in [0.29, 0.717) is 6.42 Å². The van der Waals surface area contributed by atoms with Crippen LogP contribution in [0.2, 0.25) is 0 Å². The molecule has 1 amide bonds. The molecular formula is C12H23NO2. The number of carbonyl (C=O) groups is 2.